The van der Waals surface area contributed by atoms with Crippen LogP contribution in [0.1, 0.15) is 40.5 Å². The zero-order chi connectivity index (χ0) is 19.7. The summed E-state index contributed by atoms with van der Waals surface area (Å²) in [5.41, 5.74) is 1.89. The Morgan fingerprint density at radius 1 is 1.25 bits per heavy atom. The SMILES string of the molecule is Cc1nn(Cc2ccc(F)cc2)c(Cl)c1C(=O)N1CCC(n2cncn2)CC1. The third kappa shape index (κ3) is 3.64. The number of halogens is 2. The number of benzene rings is 1. The lowest BCUT2D eigenvalue weighted by Crippen LogP contribution is -2.39. The second kappa shape index (κ2) is 7.71. The molecule has 3 aromatic rings. The van der Waals surface area contributed by atoms with Gasteiger partial charge in [0.15, 0.2) is 0 Å². The Balaban J connectivity index is 1.47. The second-order valence-electron chi connectivity index (χ2n) is 6.93. The maximum atomic E-state index is 13.1. The summed E-state index contributed by atoms with van der Waals surface area (Å²) in [6, 6.07) is 6.40. The smallest absolute Gasteiger partial charge is 0.258 e. The first-order valence-electron chi connectivity index (χ1n) is 9.13. The molecule has 0 saturated carbocycles. The molecule has 2 aromatic heterocycles. The number of likely N-dealkylation sites (tertiary alicyclic amines) is 1. The number of carbonyl (C=O) groups excluding carboxylic acids is 1. The molecule has 1 saturated heterocycles. The number of hydrogen-bond donors (Lipinski definition) is 0. The van der Waals surface area contributed by atoms with Crippen LogP contribution in [-0.4, -0.2) is 48.4 Å². The first kappa shape index (κ1) is 18.6. The minimum absolute atomic E-state index is 0.107. The van der Waals surface area contributed by atoms with Crippen LogP contribution in [0.25, 0.3) is 0 Å². The maximum Gasteiger partial charge on any atom is 0.258 e. The van der Waals surface area contributed by atoms with Gasteiger partial charge in [-0.2, -0.15) is 10.2 Å². The van der Waals surface area contributed by atoms with Gasteiger partial charge >= 0.3 is 0 Å². The third-order valence-electron chi connectivity index (χ3n) is 5.09. The molecule has 1 amide bonds. The average molecular weight is 403 g/mol. The van der Waals surface area contributed by atoms with Crippen LogP contribution >= 0.6 is 11.6 Å². The van der Waals surface area contributed by atoms with Crippen LogP contribution in [0.5, 0.6) is 0 Å². The standard InChI is InChI=1S/C19H20ClFN6O/c1-13-17(18(20)26(24-13)10-14-2-4-15(21)5-3-14)19(28)25-8-6-16(7-9-25)27-12-22-11-23-27/h2-5,11-12,16H,6-10H2,1H3. The molecule has 3 heterocycles. The Kier molecular flexibility index (Phi) is 5.13. The van der Waals surface area contributed by atoms with E-state index < -0.39 is 0 Å². The van der Waals surface area contributed by atoms with Gasteiger partial charge < -0.3 is 4.90 Å². The van der Waals surface area contributed by atoms with E-state index in [1.54, 1.807) is 30.1 Å². The van der Waals surface area contributed by atoms with Gasteiger partial charge in [0.2, 0.25) is 0 Å². The van der Waals surface area contributed by atoms with Crippen molar-refractivity contribution in [2.45, 2.75) is 32.4 Å². The first-order valence-corrected chi connectivity index (χ1v) is 9.51. The molecule has 146 valence electrons. The van der Waals surface area contributed by atoms with Gasteiger partial charge in [-0.3, -0.25) is 4.79 Å². The molecular formula is C19H20ClFN6O. The molecule has 28 heavy (non-hydrogen) atoms. The highest BCUT2D eigenvalue weighted by Gasteiger charge is 2.29. The highest BCUT2D eigenvalue weighted by atomic mass is 35.5. The molecule has 4 rings (SSSR count). The van der Waals surface area contributed by atoms with Gasteiger partial charge in [-0.05, 0) is 37.5 Å². The van der Waals surface area contributed by atoms with Crippen molar-refractivity contribution in [2.24, 2.45) is 0 Å². The minimum Gasteiger partial charge on any atom is -0.338 e. The topological polar surface area (TPSA) is 68.8 Å². The summed E-state index contributed by atoms with van der Waals surface area (Å²) in [5.74, 6) is -0.401. The summed E-state index contributed by atoms with van der Waals surface area (Å²) in [4.78, 5) is 18.8. The van der Waals surface area contributed by atoms with Crippen LogP contribution in [0, 0.1) is 12.7 Å². The maximum absolute atomic E-state index is 13.1. The summed E-state index contributed by atoms with van der Waals surface area (Å²) in [5, 5.41) is 8.92. The van der Waals surface area contributed by atoms with Crippen LogP contribution in [0.15, 0.2) is 36.9 Å². The fourth-order valence-electron chi connectivity index (χ4n) is 3.56. The van der Waals surface area contributed by atoms with E-state index in [0.717, 1.165) is 18.4 Å². The van der Waals surface area contributed by atoms with Crippen LogP contribution in [0.4, 0.5) is 4.39 Å². The number of carbonyl (C=O) groups is 1. The van der Waals surface area contributed by atoms with Crippen molar-refractivity contribution in [1.29, 1.82) is 0 Å². The molecule has 7 nitrogen and oxygen atoms in total. The van der Waals surface area contributed by atoms with E-state index in [1.807, 2.05) is 9.58 Å². The molecule has 0 atom stereocenters. The predicted octanol–water partition coefficient (Wildman–Crippen LogP) is 3.10. The third-order valence-corrected chi connectivity index (χ3v) is 5.47. The van der Waals surface area contributed by atoms with Gasteiger partial charge in [0.1, 0.15) is 23.6 Å². The molecule has 0 bridgehead atoms. The van der Waals surface area contributed by atoms with Crippen molar-refractivity contribution >= 4 is 17.5 Å². The number of amides is 1. The monoisotopic (exact) mass is 402 g/mol. The zero-order valence-electron chi connectivity index (χ0n) is 15.4. The van der Waals surface area contributed by atoms with Crippen LogP contribution < -0.4 is 0 Å². The molecule has 0 unspecified atom stereocenters. The molecule has 1 aliphatic rings. The summed E-state index contributed by atoms with van der Waals surface area (Å²) < 4.78 is 16.5. The van der Waals surface area contributed by atoms with E-state index in [9.17, 15) is 9.18 Å². The number of aryl methyl sites for hydroxylation is 1. The van der Waals surface area contributed by atoms with Gasteiger partial charge in [-0.15, -0.1) is 0 Å². The molecule has 0 N–H and O–H groups in total. The first-order chi connectivity index (χ1) is 13.5. The minimum atomic E-state index is -0.295. The Morgan fingerprint density at radius 3 is 2.61 bits per heavy atom. The van der Waals surface area contributed by atoms with Crippen molar-refractivity contribution in [3.63, 3.8) is 0 Å². The quantitative estimate of drug-likeness (QED) is 0.672. The highest BCUT2D eigenvalue weighted by Crippen LogP contribution is 2.27. The van der Waals surface area contributed by atoms with E-state index in [-0.39, 0.29) is 17.8 Å². The summed E-state index contributed by atoms with van der Waals surface area (Å²) in [7, 11) is 0. The lowest BCUT2D eigenvalue weighted by atomic mass is 10.0. The number of hydrogen-bond acceptors (Lipinski definition) is 4. The van der Waals surface area contributed by atoms with E-state index in [1.165, 1.54) is 18.5 Å². The van der Waals surface area contributed by atoms with Crippen molar-refractivity contribution in [2.75, 3.05) is 13.1 Å². The number of piperidine rings is 1. The van der Waals surface area contributed by atoms with Crippen molar-refractivity contribution < 1.29 is 9.18 Å². The van der Waals surface area contributed by atoms with E-state index in [2.05, 4.69) is 15.2 Å². The normalized spacial score (nSPS) is 15.2. The number of aromatic nitrogens is 5. The number of nitrogens with zero attached hydrogens (tertiary/aromatic N) is 6. The largest absolute Gasteiger partial charge is 0.338 e. The number of rotatable bonds is 4. The van der Waals surface area contributed by atoms with Gasteiger partial charge in [0.25, 0.3) is 5.91 Å². The Hall–Kier alpha value is -2.74. The summed E-state index contributed by atoms with van der Waals surface area (Å²) in [6.45, 7) is 3.41. The van der Waals surface area contributed by atoms with Crippen molar-refractivity contribution in [1.82, 2.24) is 29.4 Å². The van der Waals surface area contributed by atoms with Crippen LogP contribution in [0.3, 0.4) is 0 Å². The molecule has 0 radical (unpaired) electrons. The summed E-state index contributed by atoms with van der Waals surface area (Å²) >= 11 is 6.49. The Labute approximate surface area is 166 Å². The lowest BCUT2D eigenvalue weighted by Gasteiger charge is -2.31. The fourth-order valence-corrected chi connectivity index (χ4v) is 3.88. The predicted molar refractivity (Wildman–Crippen MR) is 102 cm³/mol. The Morgan fingerprint density at radius 2 is 1.96 bits per heavy atom. The molecule has 9 heteroatoms. The van der Waals surface area contributed by atoms with Gasteiger partial charge in [0.05, 0.1) is 23.8 Å². The van der Waals surface area contributed by atoms with Crippen LogP contribution in [0.2, 0.25) is 5.15 Å². The van der Waals surface area contributed by atoms with Gasteiger partial charge in [-0.1, -0.05) is 23.7 Å². The zero-order valence-corrected chi connectivity index (χ0v) is 16.2. The fraction of sp³-hybridized carbons (Fsp3) is 0.368. The molecule has 1 fully saturated rings. The van der Waals surface area contributed by atoms with E-state index in [4.69, 9.17) is 11.6 Å². The summed E-state index contributed by atoms with van der Waals surface area (Å²) in [6.07, 6.45) is 4.86. The molecule has 0 spiro atoms. The van der Waals surface area contributed by atoms with E-state index in [0.29, 0.717) is 36.0 Å². The molecular weight excluding hydrogens is 383 g/mol. The second-order valence-corrected chi connectivity index (χ2v) is 7.29. The molecule has 1 aromatic carbocycles. The van der Waals surface area contributed by atoms with E-state index >= 15 is 0 Å². The molecule has 0 aliphatic carbocycles. The lowest BCUT2D eigenvalue weighted by molar-refractivity contribution is 0.0689. The van der Waals surface area contributed by atoms with Crippen molar-refractivity contribution in [3.05, 3.63) is 64.7 Å². The van der Waals surface area contributed by atoms with Gasteiger partial charge in [0, 0.05) is 13.1 Å². The molecule has 1 aliphatic heterocycles. The van der Waals surface area contributed by atoms with Crippen LogP contribution in [-0.2, 0) is 6.54 Å². The highest BCUT2D eigenvalue weighted by molar-refractivity contribution is 6.33. The Bertz CT molecular complexity index is 961. The average Bonchev–Trinajstić information content (AvgIpc) is 3.32. The van der Waals surface area contributed by atoms with Gasteiger partial charge in [-0.25, -0.2) is 18.7 Å². The van der Waals surface area contributed by atoms with Crippen molar-refractivity contribution in [3.8, 4) is 0 Å².